The van der Waals surface area contributed by atoms with Crippen LogP contribution in [0.2, 0.25) is 0 Å². The molecule has 1 heterocycles. The molecule has 1 aliphatic heterocycles. The number of benzene rings is 1. The summed E-state index contributed by atoms with van der Waals surface area (Å²) < 4.78 is 0. The second-order valence-electron chi connectivity index (χ2n) is 6.47. The molecule has 0 radical (unpaired) electrons. The van der Waals surface area contributed by atoms with Gasteiger partial charge in [0.2, 0.25) is 5.91 Å². The second kappa shape index (κ2) is 7.25. The number of likely N-dealkylation sites (N-methyl/N-ethyl adjacent to an activating group) is 1. The van der Waals surface area contributed by atoms with Crippen molar-refractivity contribution in [1.82, 2.24) is 15.1 Å². The van der Waals surface area contributed by atoms with Crippen molar-refractivity contribution in [3.8, 4) is 0 Å². The summed E-state index contributed by atoms with van der Waals surface area (Å²) in [7, 11) is 0. The topological polar surface area (TPSA) is 35.6 Å². The van der Waals surface area contributed by atoms with Crippen molar-refractivity contribution in [2.45, 2.75) is 32.9 Å². The average Bonchev–Trinajstić information content (AvgIpc) is 3.39. The normalized spacial score (nSPS) is 20.0. The number of nitrogens with zero attached hydrogens (tertiary/aromatic N) is 2. The van der Waals surface area contributed by atoms with E-state index in [1.54, 1.807) is 0 Å². The van der Waals surface area contributed by atoms with Crippen LogP contribution in [-0.4, -0.2) is 48.4 Å². The number of piperazine rings is 1. The van der Waals surface area contributed by atoms with Crippen LogP contribution in [0.5, 0.6) is 0 Å². The van der Waals surface area contributed by atoms with Crippen molar-refractivity contribution in [3.05, 3.63) is 35.4 Å². The van der Waals surface area contributed by atoms with Crippen LogP contribution in [0.3, 0.4) is 0 Å². The molecule has 0 aromatic heterocycles. The first-order valence-electron chi connectivity index (χ1n) is 8.55. The summed E-state index contributed by atoms with van der Waals surface area (Å²) >= 11 is 0. The SMILES string of the molecule is CCN1CCN(Cc2ccccc2CNC(=O)C2CC2)CC1. The molecule has 120 valence electrons. The summed E-state index contributed by atoms with van der Waals surface area (Å²) in [6.45, 7) is 9.64. The Balaban J connectivity index is 1.55. The van der Waals surface area contributed by atoms with Gasteiger partial charge >= 0.3 is 0 Å². The zero-order valence-corrected chi connectivity index (χ0v) is 13.6. The van der Waals surface area contributed by atoms with Gasteiger partial charge in [-0.15, -0.1) is 0 Å². The Bertz CT molecular complexity index is 505. The molecule has 1 aromatic rings. The minimum atomic E-state index is 0.228. The maximum absolute atomic E-state index is 11.8. The molecule has 2 fully saturated rings. The predicted octanol–water partition coefficient (Wildman–Crippen LogP) is 1.85. The van der Waals surface area contributed by atoms with Crippen LogP contribution in [0, 0.1) is 5.92 Å². The fraction of sp³-hybridized carbons (Fsp3) is 0.611. The number of carbonyl (C=O) groups excluding carboxylic acids is 1. The number of rotatable bonds is 6. The van der Waals surface area contributed by atoms with Gasteiger partial charge in [0.05, 0.1) is 0 Å². The number of hydrogen-bond donors (Lipinski definition) is 1. The first kappa shape index (κ1) is 15.5. The van der Waals surface area contributed by atoms with Gasteiger partial charge in [-0.3, -0.25) is 9.69 Å². The van der Waals surface area contributed by atoms with E-state index in [1.165, 1.54) is 11.1 Å². The smallest absolute Gasteiger partial charge is 0.223 e. The lowest BCUT2D eigenvalue weighted by atomic mass is 10.1. The summed E-state index contributed by atoms with van der Waals surface area (Å²) in [4.78, 5) is 16.8. The van der Waals surface area contributed by atoms with Gasteiger partial charge in [-0.1, -0.05) is 31.2 Å². The van der Waals surface area contributed by atoms with Gasteiger partial charge in [-0.2, -0.15) is 0 Å². The zero-order chi connectivity index (χ0) is 15.4. The second-order valence-corrected chi connectivity index (χ2v) is 6.47. The van der Waals surface area contributed by atoms with E-state index in [0.717, 1.165) is 52.1 Å². The quantitative estimate of drug-likeness (QED) is 0.871. The van der Waals surface area contributed by atoms with Crippen LogP contribution in [0.25, 0.3) is 0 Å². The van der Waals surface area contributed by atoms with E-state index in [1.807, 2.05) is 0 Å². The highest BCUT2D eigenvalue weighted by atomic mass is 16.2. The third kappa shape index (κ3) is 4.08. The van der Waals surface area contributed by atoms with Crippen molar-refractivity contribution in [2.24, 2.45) is 5.92 Å². The lowest BCUT2D eigenvalue weighted by Gasteiger charge is -2.34. The summed E-state index contributed by atoms with van der Waals surface area (Å²) in [6.07, 6.45) is 2.13. The molecule has 1 N–H and O–H groups in total. The van der Waals surface area contributed by atoms with Gasteiger partial charge in [0, 0.05) is 45.2 Å². The van der Waals surface area contributed by atoms with Crippen molar-refractivity contribution in [3.63, 3.8) is 0 Å². The lowest BCUT2D eigenvalue weighted by Crippen LogP contribution is -2.45. The molecule has 1 aliphatic carbocycles. The lowest BCUT2D eigenvalue weighted by molar-refractivity contribution is -0.122. The van der Waals surface area contributed by atoms with Crippen molar-refractivity contribution < 1.29 is 4.79 Å². The first-order valence-corrected chi connectivity index (χ1v) is 8.55. The molecule has 2 aliphatic rings. The number of carbonyl (C=O) groups is 1. The molecule has 0 atom stereocenters. The minimum Gasteiger partial charge on any atom is -0.352 e. The molecule has 3 rings (SSSR count). The van der Waals surface area contributed by atoms with Crippen LogP contribution in [0.15, 0.2) is 24.3 Å². The first-order chi connectivity index (χ1) is 10.8. The Hall–Kier alpha value is -1.39. The molecule has 4 heteroatoms. The molecule has 1 saturated heterocycles. The average molecular weight is 301 g/mol. The largest absolute Gasteiger partial charge is 0.352 e. The van der Waals surface area contributed by atoms with Gasteiger partial charge in [-0.05, 0) is 30.5 Å². The predicted molar refractivity (Wildman–Crippen MR) is 88.4 cm³/mol. The zero-order valence-electron chi connectivity index (χ0n) is 13.6. The standard InChI is InChI=1S/C18H27N3O/c1-2-20-9-11-21(12-10-20)14-17-6-4-3-5-16(17)13-19-18(22)15-7-8-15/h3-6,15H,2,7-14H2,1H3,(H,19,22). The molecule has 0 unspecified atom stereocenters. The molecule has 1 aromatic carbocycles. The Kier molecular flexibility index (Phi) is 5.11. The van der Waals surface area contributed by atoms with Crippen molar-refractivity contribution in [2.75, 3.05) is 32.7 Å². The van der Waals surface area contributed by atoms with E-state index in [2.05, 4.69) is 46.3 Å². The highest BCUT2D eigenvalue weighted by Gasteiger charge is 2.29. The number of nitrogens with one attached hydrogen (secondary N) is 1. The van der Waals surface area contributed by atoms with Crippen LogP contribution in [-0.2, 0) is 17.9 Å². The van der Waals surface area contributed by atoms with Crippen LogP contribution in [0.4, 0.5) is 0 Å². The summed E-state index contributed by atoms with van der Waals surface area (Å²) in [5.74, 6) is 0.514. The molecule has 1 saturated carbocycles. The fourth-order valence-electron chi connectivity index (χ4n) is 3.06. The van der Waals surface area contributed by atoms with E-state index in [-0.39, 0.29) is 11.8 Å². The number of amides is 1. The Labute approximate surface area is 133 Å². The summed E-state index contributed by atoms with van der Waals surface area (Å²) in [5, 5.41) is 3.09. The van der Waals surface area contributed by atoms with E-state index < -0.39 is 0 Å². The van der Waals surface area contributed by atoms with Crippen molar-refractivity contribution >= 4 is 5.91 Å². The Morgan fingerprint density at radius 3 is 2.36 bits per heavy atom. The Morgan fingerprint density at radius 1 is 1.09 bits per heavy atom. The molecule has 4 nitrogen and oxygen atoms in total. The van der Waals surface area contributed by atoms with E-state index in [4.69, 9.17) is 0 Å². The molecule has 0 bridgehead atoms. The third-order valence-corrected chi connectivity index (χ3v) is 4.83. The summed E-state index contributed by atoms with van der Waals surface area (Å²) in [6, 6.07) is 8.51. The van der Waals surface area contributed by atoms with Gasteiger partial charge < -0.3 is 10.2 Å². The van der Waals surface area contributed by atoms with Crippen LogP contribution >= 0.6 is 0 Å². The van der Waals surface area contributed by atoms with Crippen LogP contribution < -0.4 is 5.32 Å². The number of hydrogen-bond acceptors (Lipinski definition) is 3. The highest BCUT2D eigenvalue weighted by molar-refractivity contribution is 5.80. The monoisotopic (exact) mass is 301 g/mol. The Morgan fingerprint density at radius 2 is 1.73 bits per heavy atom. The van der Waals surface area contributed by atoms with Gasteiger partial charge in [0.1, 0.15) is 0 Å². The van der Waals surface area contributed by atoms with E-state index in [0.29, 0.717) is 6.54 Å². The fourth-order valence-corrected chi connectivity index (χ4v) is 3.06. The highest BCUT2D eigenvalue weighted by Crippen LogP contribution is 2.28. The molecule has 22 heavy (non-hydrogen) atoms. The van der Waals surface area contributed by atoms with Gasteiger partial charge in [0.15, 0.2) is 0 Å². The maximum Gasteiger partial charge on any atom is 0.223 e. The molecule has 1 amide bonds. The van der Waals surface area contributed by atoms with E-state index in [9.17, 15) is 4.79 Å². The van der Waals surface area contributed by atoms with Gasteiger partial charge in [-0.25, -0.2) is 0 Å². The molecular formula is C18H27N3O. The third-order valence-electron chi connectivity index (χ3n) is 4.83. The molecule has 0 spiro atoms. The minimum absolute atomic E-state index is 0.228. The summed E-state index contributed by atoms with van der Waals surface area (Å²) in [5.41, 5.74) is 2.61. The van der Waals surface area contributed by atoms with Crippen molar-refractivity contribution in [1.29, 1.82) is 0 Å². The maximum atomic E-state index is 11.8. The van der Waals surface area contributed by atoms with Crippen LogP contribution in [0.1, 0.15) is 30.9 Å². The van der Waals surface area contributed by atoms with E-state index >= 15 is 0 Å². The van der Waals surface area contributed by atoms with Gasteiger partial charge in [0.25, 0.3) is 0 Å². The molecular weight excluding hydrogens is 274 g/mol.